The fraction of sp³-hybridized carbons (Fsp3) is 0.219. The van der Waals surface area contributed by atoms with Crippen molar-refractivity contribution in [2.75, 3.05) is 22.9 Å². The molecule has 2 aromatic carbocycles. The predicted molar refractivity (Wildman–Crippen MR) is 166 cm³/mol. The maximum Gasteiger partial charge on any atom is 0.270 e. The van der Waals surface area contributed by atoms with E-state index in [-0.39, 0.29) is 21.8 Å². The number of thiocarbonyl (C=S) groups is 1. The quantitative estimate of drug-likeness (QED) is 0.205. The number of carbonyl (C=O) groups is 2. The number of carbonyl (C=O) groups excluding carboxylic acids is 2. The lowest BCUT2D eigenvalue weighted by atomic mass is 9.98. The van der Waals surface area contributed by atoms with Crippen LogP contribution in [0.3, 0.4) is 0 Å². The average Bonchev–Trinajstić information content (AvgIpc) is 2.98. The number of hydrogen-bond donors (Lipinski definition) is 1. The summed E-state index contributed by atoms with van der Waals surface area (Å²) in [6.45, 7) is 5.55. The molecule has 2 amide bonds. The zero-order chi connectivity index (χ0) is 29.4. The molecule has 42 heavy (non-hydrogen) atoms. The molecule has 1 N–H and O–H groups in total. The summed E-state index contributed by atoms with van der Waals surface area (Å²) in [5.41, 5.74) is 1.47. The topological polar surface area (TPSA) is 96.2 Å². The molecule has 4 heterocycles. The zero-order valence-corrected chi connectivity index (χ0v) is 24.1. The number of anilines is 2. The Bertz CT molecular complexity index is 1790. The molecule has 6 rings (SSSR count). The number of nitrogens with zero attached hydrogens (tertiary/aromatic N) is 4. The van der Waals surface area contributed by atoms with Gasteiger partial charge >= 0.3 is 0 Å². The number of hydrogen-bond acceptors (Lipinski definition) is 7. The number of nitrogens with one attached hydrogen (secondary N) is 1. The molecule has 0 saturated carbocycles. The van der Waals surface area contributed by atoms with Crippen molar-refractivity contribution in [2.24, 2.45) is 5.92 Å². The number of ether oxygens (including phenoxy) is 1. The van der Waals surface area contributed by atoms with Crippen molar-refractivity contribution in [3.05, 3.63) is 100.0 Å². The van der Waals surface area contributed by atoms with Gasteiger partial charge in [-0.1, -0.05) is 31.2 Å². The Morgan fingerprint density at radius 3 is 2.36 bits per heavy atom. The van der Waals surface area contributed by atoms with Gasteiger partial charge in [0.2, 0.25) is 0 Å². The Labute approximate surface area is 248 Å². The highest BCUT2D eigenvalue weighted by Gasteiger charge is 2.35. The van der Waals surface area contributed by atoms with E-state index >= 15 is 0 Å². The lowest BCUT2D eigenvalue weighted by Gasteiger charge is -2.32. The fourth-order valence-electron chi connectivity index (χ4n) is 5.21. The van der Waals surface area contributed by atoms with Crippen molar-refractivity contribution in [1.82, 2.24) is 14.7 Å². The predicted octanol–water partition coefficient (Wildman–Crippen LogP) is 4.86. The maximum atomic E-state index is 13.9. The number of amides is 2. The lowest BCUT2D eigenvalue weighted by Crippen LogP contribution is -2.54. The summed E-state index contributed by atoms with van der Waals surface area (Å²) in [7, 11) is 0. The fourth-order valence-corrected chi connectivity index (χ4v) is 5.49. The van der Waals surface area contributed by atoms with E-state index < -0.39 is 11.8 Å². The second-order valence-electron chi connectivity index (χ2n) is 10.6. The third-order valence-corrected chi connectivity index (χ3v) is 7.90. The van der Waals surface area contributed by atoms with E-state index in [9.17, 15) is 14.4 Å². The van der Waals surface area contributed by atoms with Gasteiger partial charge in [-0.3, -0.25) is 29.0 Å². The van der Waals surface area contributed by atoms with Crippen LogP contribution < -0.4 is 25.4 Å². The number of aromatic nitrogens is 2. The first kappa shape index (κ1) is 27.3. The highest BCUT2D eigenvalue weighted by molar-refractivity contribution is 7.80. The smallest absolute Gasteiger partial charge is 0.270 e. The van der Waals surface area contributed by atoms with E-state index in [1.807, 2.05) is 43.3 Å². The minimum absolute atomic E-state index is 0.0481. The summed E-state index contributed by atoms with van der Waals surface area (Å²) < 4.78 is 7.31. The molecule has 0 unspecified atom stereocenters. The molecule has 2 aliphatic heterocycles. The second kappa shape index (κ2) is 11.2. The first-order valence-corrected chi connectivity index (χ1v) is 14.2. The molecule has 2 aromatic heterocycles. The molecule has 0 atom stereocenters. The summed E-state index contributed by atoms with van der Waals surface area (Å²) in [6, 6.07) is 19.8. The van der Waals surface area contributed by atoms with E-state index in [1.54, 1.807) is 36.5 Å². The number of aryl methyl sites for hydroxylation is 1. The van der Waals surface area contributed by atoms with E-state index in [2.05, 4.69) is 17.1 Å². The molecule has 0 bridgehead atoms. The molecule has 9 nitrogen and oxygen atoms in total. The van der Waals surface area contributed by atoms with Gasteiger partial charge in [0.15, 0.2) is 5.11 Å². The zero-order valence-electron chi connectivity index (χ0n) is 23.2. The van der Waals surface area contributed by atoms with Gasteiger partial charge in [-0.15, -0.1) is 0 Å². The van der Waals surface area contributed by atoms with Crippen molar-refractivity contribution in [1.29, 1.82) is 0 Å². The monoisotopic (exact) mass is 579 g/mol. The molecule has 2 aliphatic rings. The Hall–Kier alpha value is -4.83. The Balaban J connectivity index is 1.39. The third kappa shape index (κ3) is 5.16. The van der Waals surface area contributed by atoms with Crippen molar-refractivity contribution in [3.63, 3.8) is 0 Å². The summed E-state index contributed by atoms with van der Waals surface area (Å²) in [5, 5.41) is 2.56. The Kier molecular flexibility index (Phi) is 7.30. The number of piperidine rings is 1. The van der Waals surface area contributed by atoms with Gasteiger partial charge in [-0.2, -0.15) is 0 Å². The second-order valence-corrected chi connectivity index (χ2v) is 11.0. The first-order chi connectivity index (χ1) is 20.3. The van der Waals surface area contributed by atoms with Crippen LogP contribution in [0, 0.1) is 12.8 Å². The van der Waals surface area contributed by atoms with Gasteiger partial charge in [0.25, 0.3) is 17.4 Å². The molecular formula is C32H29N5O4S. The molecule has 212 valence electrons. The molecule has 0 radical (unpaired) electrons. The van der Waals surface area contributed by atoms with Crippen LogP contribution in [0.4, 0.5) is 11.5 Å². The number of rotatable bonds is 5. The largest absolute Gasteiger partial charge is 0.457 e. The molecule has 4 aromatic rings. The van der Waals surface area contributed by atoms with E-state index in [1.165, 1.54) is 15.4 Å². The van der Waals surface area contributed by atoms with Crippen LogP contribution in [0.15, 0.2) is 83.3 Å². The molecule has 0 spiro atoms. The standard InChI is InChI=1S/C32H29N5O4S/c1-20-14-17-35(18-15-20)28-25(30(39)36-16-6-7-21(2)27(36)33-28)19-26-29(38)34-32(42)37(31(26)40)22-10-12-24(13-11-22)41-23-8-4-3-5-9-23/h3-13,16,19-20H,14-15,17-18H2,1-2H3,(H,34,38,42). The highest BCUT2D eigenvalue weighted by atomic mass is 32.1. The van der Waals surface area contributed by atoms with Crippen molar-refractivity contribution < 1.29 is 14.3 Å². The number of fused-ring (bicyclic) bond motifs is 1. The van der Waals surface area contributed by atoms with E-state index in [4.69, 9.17) is 21.9 Å². The number of para-hydroxylation sites is 1. The van der Waals surface area contributed by atoms with Crippen molar-refractivity contribution in [3.8, 4) is 11.5 Å². The minimum atomic E-state index is -0.669. The van der Waals surface area contributed by atoms with Crippen LogP contribution in [0.25, 0.3) is 11.7 Å². The normalized spacial score (nSPS) is 17.2. The van der Waals surface area contributed by atoms with Gasteiger partial charge in [0.1, 0.15) is 28.5 Å². The van der Waals surface area contributed by atoms with Crippen LogP contribution in [0.5, 0.6) is 11.5 Å². The lowest BCUT2D eigenvalue weighted by molar-refractivity contribution is -0.122. The van der Waals surface area contributed by atoms with E-state index in [0.717, 1.165) is 31.5 Å². The molecule has 2 fully saturated rings. The summed E-state index contributed by atoms with van der Waals surface area (Å²) in [6.07, 6.45) is 4.91. The highest BCUT2D eigenvalue weighted by Crippen LogP contribution is 2.29. The van der Waals surface area contributed by atoms with Crippen LogP contribution in [0.1, 0.15) is 30.9 Å². The number of benzene rings is 2. The Morgan fingerprint density at radius 1 is 0.952 bits per heavy atom. The summed E-state index contributed by atoms with van der Waals surface area (Å²) in [4.78, 5) is 49.0. The SMILES string of the molecule is Cc1cccn2c(=O)c(C=C3C(=O)NC(=S)N(c4ccc(Oc5ccccc5)cc4)C3=O)c(N3CCC(C)CC3)nc12. The van der Waals surface area contributed by atoms with Crippen LogP contribution in [0.2, 0.25) is 0 Å². The first-order valence-electron chi connectivity index (χ1n) is 13.8. The minimum Gasteiger partial charge on any atom is -0.457 e. The van der Waals surface area contributed by atoms with Crippen LogP contribution >= 0.6 is 12.2 Å². The third-order valence-electron chi connectivity index (χ3n) is 7.61. The van der Waals surface area contributed by atoms with Gasteiger partial charge in [0.05, 0.1) is 11.3 Å². The van der Waals surface area contributed by atoms with Crippen molar-refractivity contribution in [2.45, 2.75) is 26.7 Å². The number of pyridine rings is 1. The van der Waals surface area contributed by atoms with Gasteiger partial charge in [-0.05, 0) is 92.0 Å². The van der Waals surface area contributed by atoms with Gasteiger partial charge < -0.3 is 9.64 Å². The van der Waals surface area contributed by atoms with Gasteiger partial charge in [0, 0.05) is 19.3 Å². The van der Waals surface area contributed by atoms with E-state index in [0.29, 0.717) is 34.6 Å². The average molecular weight is 580 g/mol. The molecule has 2 saturated heterocycles. The van der Waals surface area contributed by atoms with Gasteiger partial charge in [-0.25, -0.2) is 4.98 Å². The van der Waals surface area contributed by atoms with Crippen LogP contribution in [-0.4, -0.2) is 39.4 Å². The van der Waals surface area contributed by atoms with Crippen LogP contribution in [-0.2, 0) is 9.59 Å². The summed E-state index contributed by atoms with van der Waals surface area (Å²) in [5.74, 6) is 0.986. The maximum absolute atomic E-state index is 13.9. The Morgan fingerprint density at radius 2 is 1.64 bits per heavy atom. The molecule has 0 aliphatic carbocycles. The molecule has 10 heteroatoms. The van der Waals surface area contributed by atoms with Crippen molar-refractivity contribution >= 4 is 52.4 Å². The summed E-state index contributed by atoms with van der Waals surface area (Å²) >= 11 is 5.39. The molecular weight excluding hydrogens is 550 g/mol.